The Bertz CT molecular complexity index is 305. The Kier molecular flexibility index (Phi) is 5.43. The fraction of sp³-hybridized carbons (Fsp3) is 0.545. The minimum absolute atomic E-state index is 0.527. The van der Waals surface area contributed by atoms with Gasteiger partial charge in [-0.3, -0.25) is 0 Å². The van der Waals surface area contributed by atoms with Crippen LogP contribution in [0.1, 0.15) is 25.8 Å². The lowest BCUT2D eigenvalue weighted by atomic mass is 10.3. The Morgan fingerprint density at radius 1 is 1.47 bits per heavy atom. The second-order valence-corrected chi connectivity index (χ2v) is 3.67. The second kappa shape index (κ2) is 6.64. The zero-order chi connectivity index (χ0) is 11.1. The molecule has 15 heavy (non-hydrogen) atoms. The molecule has 0 aromatic carbocycles. The Morgan fingerprint density at radius 3 is 2.87 bits per heavy atom. The van der Waals surface area contributed by atoms with E-state index in [1.807, 2.05) is 13.0 Å². The smallest absolute Gasteiger partial charge is 0.232 e. The van der Waals surface area contributed by atoms with Gasteiger partial charge in [-0.05, 0) is 24.6 Å². The molecule has 84 valence electrons. The molecule has 0 saturated carbocycles. The van der Waals surface area contributed by atoms with E-state index in [0.717, 1.165) is 25.1 Å². The lowest BCUT2D eigenvalue weighted by Crippen LogP contribution is -2.12. The zero-order valence-corrected chi connectivity index (χ0v) is 9.97. The summed E-state index contributed by atoms with van der Waals surface area (Å²) in [4.78, 5) is 4.17. The summed E-state index contributed by atoms with van der Waals surface area (Å²) >= 11 is 6.03. The standard InChI is InChI=1S/C11H17ClN2O/c1-3-5-15-11-10(12)6-9(8-14-11)7-13-4-2/h6,8,13H,3-5,7H2,1-2H3. The van der Waals surface area contributed by atoms with Crippen LogP contribution >= 0.6 is 11.6 Å². The number of hydrogen-bond donors (Lipinski definition) is 1. The van der Waals surface area contributed by atoms with Crippen LogP contribution in [-0.2, 0) is 6.54 Å². The molecule has 0 radical (unpaired) electrons. The maximum atomic E-state index is 6.03. The summed E-state index contributed by atoms with van der Waals surface area (Å²) in [6.07, 6.45) is 2.75. The molecule has 0 amide bonds. The second-order valence-electron chi connectivity index (χ2n) is 3.26. The van der Waals surface area contributed by atoms with E-state index >= 15 is 0 Å². The van der Waals surface area contributed by atoms with Crippen LogP contribution in [-0.4, -0.2) is 18.1 Å². The molecule has 1 heterocycles. The van der Waals surface area contributed by atoms with Crippen molar-refractivity contribution >= 4 is 11.6 Å². The lowest BCUT2D eigenvalue weighted by Gasteiger charge is -2.07. The Labute approximate surface area is 95.8 Å². The number of nitrogens with one attached hydrogen (secondary N) is 1. The van der Waals surface area contributed by atoms with Crippen molar-refractivity contribution in [1.82, 2.24) is 10.3 Å². The summed E-state index contributed by atoms with van der Waals surface area (Å²) in [5.74, 6) is 0.527. The lowest BCUT2D eigenvalue weighted by molar-refractivity contribution is 0.305. The monoisotopic (exact) mass is 228 g/mol. The Hall–Kier alpha value is -0.800. The largest absolute Gasteiger partial charge is 0.477 e. The highest BCUT2D eigenvalue weighted by Gasteiger charge is 2.03. The number of ether oxygens (including phenoxy) is 1. The van der Waals surface area contributed by atoms with Crippen LogP contribution in [0.25, 0.3) is 0 Å². The fourth-order valence-corrected chi connectivity index (χ4v) is 1.38. The highest BCUT2D eigenvalue weighted by atomic mass is 35.5. The van der Waals surface area contributed by atoms with Gasteiger partial charge in [0.25, 0.3) is 0 Å². The van der Waals surface area contributed by atoms with Gasteiger partial charge in [0.1, 0.15) is 5.02 Å². The maximum absolute atomic E-state index is 6.03. The van der Waals surface area contributed by atoms with Gasteiger partial charge < -0.3 is 10.1 Å². The first-order valence-electron chi connectivity index (χ1n) is 5.25. The van der Waals surface area contributed by atoms with Gasteiger partial charge in [-0.2, -0.15) is 0 Å². The van der Waals surface area contributed by atoms with Gasteiger partial charge in [0.15, 0.2) is 0 Å². The molecule has 0 bridgehead atoms. The number of pyridine rings is 1. The van der Waals surface area contributed by atoms with Crippen LogP contribution < -0.4 is 10.1 Å². The van der Waals surface area contributed by atoms with E-state index in [1.165, 1.54) is 0 Å². The molecule has 0 aliphatic rings. The molecule has 0 saturated heterocycles. The van der Waals surface area contributed by atoms with Crippen molar-refractivity contribution in [2.24, 2.45) is 0 Å². The molecule has 1 aromatic rings. The van der Waals surface area contributed by atoms with Gasteiger partial charge in [0, 0.05) is 12.7 Å². The van der Waals surface area contributed by atoms with E-state index in [1.54, 1.807) is 6.20 Å². The van der Waals surface area contributed by atoms with E-state index in [0.29, 0.717) is 17.5 Å². The predicted molar refractivity (Wildman–Crippen MR) is 62.4 cm³/mol. The van der Waals surface area contributed by atoms with Crippen LogP contribution in [0.3, 0.4) is 0 Å². The average molecular weight is 229 g/mol. The van der Waals surface area contributed by atoms with E-state index in [-0.39, 0.29) is 0 Å². The minimum atomic E-state index is 0.527. The topological polar surface area (TPSA) is 34.1 Å². The quantitative estimate of drug-likeness (QED) is 0.813. The van der Waals surface area contributed by atoms with Gasteiger partial charge in [-0.25, -0.2) is 4.98 Å². The molecule has 0 spiro atoms. The summed E-state index contributed by atoms with van der Waals surface area (Å²) in [5.41, 5.74) is 1.07. The molecular weight excluding hydrogens is 212 g/mol. The highest BCUT2D eigenvalue weighted by Crippen LogP contribution is 2.22. The van der Waals surface area contributed by atoms with Crippen LogP contribution in [0.4, 0.5) is 0 Å². The van der Waals surface area contributed by atoms with Crippen LogP contribution in [0, 0.1) is 0 Å². The first kappa shape index (κ1) is 12.3. The van der Waals surface area contributed by atoms with Crippen molar-refractivity contribution < 1.29 is 4.74 Å². The molecule has 3 nitrogen and oxygen atoms in total. The van der Waals surface area contributed by atoms with Crippen molar-refractivity contribution in [2.75, 3.05) is 13.2 Å². The molecular formula is C11H17ClN2O. The summed E-state index contributed by atoms with van der Waals surface area (Å²) in [6.45, 7) is 6.49. The molecule has 0 aliphatic heterocycles. The predicted octanol–water partition coefficient (Wildman–Crippen LogP) is 2.63. The number of hydrogen-bond acceptors (Lipinski definition) is 3. The van der Waals surface area contributed by atoms with Gasteiger partial charge >= 0.3 is 0 Å². The third-order valence-corrected chi connectivity index (χ3v) is 2.16. The van der Waals surface area contributed by atoms with Crippen LogP contribution in [0.15, 0.2) is 12.3 Å². The molecule has 4 heteroatoms. The molecule has 1 N–H and O–H groups in total. The summed E-state index contributed by atoms with van der Waals surface area (Å²) in [6, 6.07) is 1.89. The highest BCUT2D eigenvalue weighted by molar-refractivity contribution is 6.31. The molecule has 1 rings (SSSR count). The van der Waals surface area contributed by atoms with E-state index in [2.05, 4.69) is 17.2 Å². The van der Waals surface area contributed by atoms with Crippen molar-refractivity contribution in [3.05, 3.63) is 22.8 Å². The minimum Gasteiger partial charge on any atom is -0.477 e. The van der Waals surface area contributed by atoms with Gasteiger partial charge in [-0.15, -0.1) is 0 Å². The van der Waals surface area contributed by atoms with E-state index < -0.39 is 0 Å². The summed E-state index contributed by atoms with van der Waals surface area (Å²) < 4.78 is 5.38. The van der Waals surface area contributed by atoms with Gasteiger partial charge in [0.2, 0.25) is 5.88 Å². The molecule has 0 unspecified atom stereocenters. The first-order chi connectivity index (χ1) is 7.27. The molecule has 0 atom stereocenters. The number of halogens is 1. The molecule has 0 fully saturated rings. The van der Waals surface area contributed by atoms with Crippen molar-refractivity contribution in [3.8, 4) is 5.88 Å². The van der Waals surface area contributed by atoms with Gasteiger partial charge in [0.05, 0.1) is 6.61 Å². The number of rotatable bonds is 6. The van der Waals surface area contributed by atoms with Crippen molar-refractivity contribution in [3.63, 3.8) is 0 Å². The number of nitrogens with zero attached hydrogens (tertiary/aromatic N) is 1. The summed E-state index contributed by atoms with van der Waals surface area (Å²) in [5, 5.41) is 3.80. The normalized spacial score (nSPS) is 10.3. The Morgan fingerprint density at radius 2 is 2.27 bits per heavy atom. The Balaban J connectivity index is 2.61. The SMILES string of the molecule is CCCOc1ncc(CNCC)cc1Cl. The van der Waals surface area contributed by atoms with Crippen LogP contribution in [0.2, 0.25) is 5.02 Å². The zero-order valence-electron chi connectivity index (χ0n) is 9.22. The van der Waals surface area contributed by atoms with Crippen molar-refractivity contribution in [2.45, 2.75) is 26.8 Å². The average Bonchev–Trinajstić information content (AvgIpc) is 2.25. The summed E-state index contributed by atoms with van der Waals surface area (Å²) in [7, 11) is 0. The van der Waals surface area contributed by atoms with E-state index in [4.69, 9.17) is 16.3 Å². The third-order valence-electron chi connectivity index (χ3n) is 1.89. The van der Waals surface area contributed by atoms with Gasteiger partial charge in [-0.1, -0.05) is 25.4 Å². The first-order valence-corrected chi connectivity index (χ1v) is 5.63. The fourth-order valence-electron chi connectivity index (χ4n) is 1.14. The maximum Gasteiger partial charge on any atom is 0.232 e. The van der Waals surface area contributed by atoms with Crippen LogP contribution in [0.5, 0.6) is 5.88 Å². The molecule has 1 aromatic heterocycles. The third kappa shape index (κ3) is 4.06. The number of aromatic nitrogens is 1. The van der Waals surface area contributed by atoms with E-state index in [9.17, 15) is 0 Å². The molecule has 0 aliphatic carbocycles. The van der Waals surface area contributed by atoms with Crippen molar-refractivity contribution in [1.29, 1.82) is 0 Å².